The molecule has 3 amide bonds. The predicted octanol–water partition coefficient (Wildman–Crippen LogP) is 8.17. The van der Waals surface area contributed by atoms with Crippen molar-refractivity contribution in [1.29, 1.82) is 0 Å². The van der Waals surface area contributed by atoms with Gasteiger partial charge in [0.2, 0.25) is 5.91 Å². The molecule has 210 valence electrons. The number of ether oxygens (including phenoxy) is 1. The van der Waals surface area contributed by atoms with Crippen LogP contribution in [-0.4, -0.2) is 30.3 Å². The number of hydrogen-bond acceptors (Lipinski definition) is 5. The van der Waals surface area contributed by atoms with Crippen molar-refractivity contribution in [1.82, 2.24) is 0 Å². The van der Waals surface area contributed by atoms with Gasteiger partial charge in [0.15, 0.2) is 0 Å². The Bertz CT molecular complexity index is 1640. The molecule has 2 N–H and O–H groups in total. The van der Waals surface area contributed by atoms with Gasteiger partial charge >= 0.3 is 6.03 Å². The lowest BCUT2D eigenvalue weighted by atomic mass is 10.1. The monoisotopic (exact) mass is 591 g/mol. The Morgan fingerprint density at radius 2 is 1.60 bits per heavy atom. The molecular formula is C34H29N3O3S2. The van der Waals surface area contributed by atoms with E-state index in [2.05, 4.69) is 28.9 Å². The standard InChI is InChI=1S/C34H29N3O3S2/c1-40-26-20-18-24(19-21-26)35-33(38)32(23-10-3-2-4-11-23)41-27-13-9-12-25(22-27)36-34(39)37-28-14-5-7-16-30(28)42-31-17-8-6-15-29(31)37/h2-22,28,30,32H,1H3,(H,35,38)(H,36,39). The largest absolute Gasteiger partial charge is 0.497 e. The van der Waals surface area contributed by atoms with Crippen molar-refractivity contribution in [2.75, 3.05) is 22.6 Å². The second-order valence-electron chi connectivity index (χ2n) is 9.76. The maximum Gasteiger partial charge on any atom is 0.326 e. The Balaban J connectivity index is 1.22. The summed E-state index contributed by atoms with van der Waals surface area (Å²) in [5.74, 6) is 0.579. The van der Waals surface area contributed by atoms with E-state index in [9.17, 15) is 9.59 Å². The lowest BCUT2D eigenvalue weighted by Crippen LogP contribution is -2.49. The lowest BCUT2D eigenvalue weighted by molar-refractivity contribution is -0.115. The Hall–Kier alpha value is -4.40. The molecule has 0 fully saturated rings. The Kier molecular flexibility index (Phi) is 8.35. The fourth-order valence-electron chi connectivity index (χ4n) is 4.97. The molecule has 0 spiro atoms. The minimum absolute atomic E-state index is 0.0865. The quantitative estimate of drug-likeness (QED) is 0.212. The number of nitrogens with one attached hydrogen (secondary N) is 2. The molecule has 42 heavy (non-hydrogen) atoms. The number of rotatable bonds is 7. The molecule has 0 bridgehead atoms. The summed E-state index contributed by atoms with van der Waals surface area (Å²) >= 11 is 3.21. The van der Waals surface area contributed by atoms with Gasteiger partial charge in [-0.1, -0.05) is 72.8 Å². The molecule has 1 aliphatic heterocycles. The number of hydrogen-bond donors (Lipinski definition) is 2. The van der Waals surface area contributed by atoms with Gasteiger partial charge in [-0.25, -0.2) is 4.79 Å². The Labute approximate surface area is 253 Å². The summed E-state index contributed by atoms with van der Waals surface area (Å²) in [5, 5.41) is 5.78. The number of carbonyl (C=O) groups is 2. The van der Waals surface area contributed by atoms with Crippen LogP contribution < -0.4 is 20.3 Å². The summed E-state index contributed by atoms with van der Waals surface area (Å²) in [4.78, 5) is 31.1. The van der Waals surface area contributed by atoms with E-state index < -0.39 is 5.25 Å². The van der Waals surface area contributed by atoms with Crippen LogP contribution in [0.3, 0.4) is 0 Å². The summed E-state index contributed by atoms with van der Waals surface area (Å²) < 4.78 is 5.23. The number of fused-ring (bicyclic) bond motifs is 2. The lowest BCUT2D eigenvalue weighted by Gasteiger charge is -2.40. The minimum atomic E-state index is -0.509. The van der Waals surface area contributed by atoms with Crippen molar-refractivity contribution in [2.45, 2.75) is 26.3 Å². The third-order valence-electron chi connectivity index (χ3n) is 7.00. The SMILES string of the molecule is COc1ccc(NC(=O)C(Sc2cccc(NC(=O)N3c4ccccc4SC4C=CC=CC43)c2)c2ccccc2)cc1. The summed E-state index contributed by atoms with van der Waals surface area (Å²) in [6.07, 6.45) is 8.25. The maximum absolute atomic E-state index is 13.8. The zero-order chi connectivity index (χ0) is 28.9. The first-order valence-corrected chi connectivity index (χ1v) is 15.3. The average molecular weight is 592 g/mol. The first kappa shape index (κ1) is 27.8. The van der Waals surface area contributed by atoms with E-state index in [0.717, 1.165) is 26.8 Å². The molecule has 2 aliphatic rings. The third-order valence-corrected chi connectivity index (χ3v) is 9.55. The van der Waals surface area contributed by atoms with E-state index in [1.165, 1.54) is 11.8 Å². The molecule has 0 saturated carbocycles. The fraction of sp³-hybridized carbons (Fsp3) is 0.118. The maximum atomic E-state index is 13.8. The molecule has 4 aromatic carbocycles. The topological polar surface area (TPSA) is 70.7 Å². The van der Waals surface area contributed by atoms with E-state index in [-0.39, 0.29) is 23.2 Å². The molecule has 0 saturated heterocycles. The highest BCUT2D eigenvalue weighted by Crippen LogP contribution is 2.44. The Morgan fingerprint density at radius 1 is 0.833 bits per heavy atom. The van der Waals surface area contributed by atoms with Crippen molar-refractivity contribution >= 4 is 52.5 Å². The molecule has 6 rings (SSSR count). The number of carbonyl (C=O) groups excluding carboxylic acids is 2. The van der Waals surface area contributed by atoms with Gasteiger partial charge in [0, 0.05) is 21.2 Å². The van der Waals surface area contributed by atoms with Crippen LogP contribution in [0.4, 0.5) is 21.9 Å². The zero-order valence-corrected chi connectivity index (χ0v) is 24.5. The van der Waals surface area contributed by atoms with Crippen LogP contribution in [0.15, 0.2) is 137 Å². The molecule has 8 heteroatoms. The molecule has 3 unspecified atom stereocenters. The van der Waals surface area contributed by atoms with Crippen molar-refractivity contribution < 1.29 is 14.3 Å². The number of amides is 3. The highest BCUT2D eigenvalue weighted by atomic mass is 32.2. The average Bonchev–Trinajstić information content (AvgIpc) is 3.03. The van der Waals surface area contributed by atoms with Crippen molar-refractivity contribution in [3.05, 3.63) is 133 Å². The molecule has 4 aromatic rings. The fourth-order valence-corrected chi connectivity index (χ4v) is 7.32. The van der Waals surface area contributed by atoms with Crippen LogP contribution in [0.2, 0.25) is 0 Å². The normalized spacial score (nSPS) is 17.5. The van der Waals surface area contributed by atoms with Gasteiger partial charge in [-0.3, -0.25) is 9.69 Å². The summed E-state index contributed by atoms with van der Waals surface area (Å²) in [6, 6.07) is 32.3. The highest BCUT2D eigenvalue weighted by molar-refractivity contribution is 8.00. The molecule has 1 heterocycles. The van der Waals surface area contributed by atoms with Crippen molar-refractivity contribution in [3.8, 4) is 5.75 Å². The first-order valence-electron chi connectivity index (χ1n) is 13.6. The smallest absolute Gasteiger partial charge is 0.326 e. The van der Waals surface area contributed by atoms with E-state index in [0.29, 0.717) is 11.4 Å². The van der Waals surface area contributed by atoms with Crippen LogP contribution in [0.1, 0.15) is 10.8 Å². The molecule has 0 radical (unpaired) electrons. The molecular weight excluding hydrogens is 563 g/mol. The predicted molar refractivity (Wildman–Crippen MR) is 173 cm³/mol. The number of urea groups is 1. The van der Waals surface area contributed by atoms with Gasteiger partial charge in [-0.2, -0.15) is 0 Å². The molecule has 6 nitrogen and oxygen atoms in total. The van der Waals surface area contributed by atoms with Gasteiger partial charge in [-0.15, -0.1) is 23.5 Å². The number of benzene rings is 4. The summed E-state index contributed by atoms with van der Waals surface area (Å²) in [5.41, 5.74) is 3.13. The number of allylic oxidation sites excluding steroid dienone is 2. The van der Waals surface area contributed by atoms with Crippen molar-refractivity contribution in [3.63, 3.8) is 0 Å². The van der Waals surface area contributed by atoms with E-state index >= 15 is 0 Å². The van der Waals surface area contributed by atoms with Crippen LogP contribution in [0.25, 0.3) is 0 Å². The summed E-state index contributed by atoms with van der Waals surface area (Å²) in [6.45, 7) is 0. The van der Waals surface area contributed by atoms with Gasteiger partial charge in [0.05, 0.1) is 24.1 Å². The molecule has 0 aromatic heterocycles. The second-order valence-corrected chi connectivity index (χ2v) is 12.2. The second kappa shape index (κ2) is 12.6. The zero-order valence-electron chi connectivity index (χ0n) is 22.8. The number of thioether (sulfide) groups is 2. The van der Waals surface area contributed by atoms with Crippen LogP contribution in [0, 0.1) is 0 Å². The number of methoxy groups -OCH3 is 1. The Morgan fingerprint density at radius 3 is 2.40 bits per heavy atom. The van der Waals surface area contributed by atoms with Gasteiger partial charge in [-0.05, 0) is 60.2 Å². The molecule has 3 atom stereocenters. The van der Waals surface area contributed by atoms with Crippen molar-refractivity contribution in [2.24, 2.45) is 0 Å². The third kappa shape index (κ3) is 6.10. The first-order chi connectivity index (χ1) is 20.6. The van der Waals surface area contributed by atoms with Crippen LogP contribution in [0.5, 0.6) is 5.75 Å². The minimum Gasteiger partial charge on any atom is -0.497 e. The summed E-state index contributed by atoms with van der Waals surface area (Å²) in [7, 11) is 1.61. The van der Waals surface area contributed by atoms with Gasteiger partial charge < -0.3 is 15.4 Å². The van der Waals surface area contributed by atoms with Gasteiger partial charge in [0.1, 0.15) is 11.0 Å². The van der Waals surface area contributed by atoms with E-state index in [1.54, 1.807) is 18.9 Å². The van der Waals surface area contributed by atoms with Crippen LogP contribution in [-0.2, 0) is 4.79 Å². The van der Waals surface area contributed by atoms with E-state index in [4.69, 9.17) is 4.74 Å². The highest BCUT2D eigenvalue weighted by Gasteiger charge is 2.36. The van der Waals surface area contributed by atoms with E-state index in [1.807, 2.05) is 114 Å². The number of nitrogens with zero attached hydrogens (tertiary/aromatic N) is 1. The molecule has 1 aliphatic carbocycles. The van der Waals surface area contributed by atoms with Crippen LogP contribution >= 0.6 is 23.5 Å². The number of anilines is 3. The number of para-hydroxylation sites is 1. The van der Waals surface area contributed by atoms with Gasteiger partial charge in [0.25, 0.3) is 0 Å².